The van der Waals surface area contributed by atoms with Gasteiger partial charge in [-0.15, -0.1) is 0 Å². The number of hydrogen-bond donors (Lipinski definition) is 3. The fourth-order valence-electron chi connectivity index (χ4n) is 2.72. The van der Waals surface area contributed by atoms with Gasteiger partial charge in [0, 0.05) is 11.2 Å². The average molecular weight is 432 g/mol. The summed E-state index contributed by atoms with van der Waals surface area (Å²) in [7, 11) is 0. The molecule has 0 aliphatic carbocycles. The minimum Gasteiger partial charge on any atom is -0.395 e. The van der Waals surface area contributed by atoms with Gasteiger partial charge in [-0.3, -0.25) is 19.3 Å². The first-order valence-electron chi connectivity index (χ1n) is 9.74. The van der Waals surface area contributed by atoms with Crippen LogP contribution >= 0.6 is 11.5 Å². The number of primary amides is 1. The molecule has 1 heterocycles. The maximum Gasteiger partial charge on any atom is 0.272 e. The quantitative estimate of drug-likeness (QED) is 0.591. The molecule has 1 aromatic heterocycles. The molecule has 0 fully saturated rings. The van der Waals surface area contributed by atoms with Crippen molar-refractivity contribution in [3.8, 4) is 0 Å². The van der Waals surface area contributed by atoms with Gasteiger partial charge in [-0.2, -0.15) is 4.37 Å². The Hall–Kier alpha value is -2.94. The van der Waals surface area contributed by atoms with Gasteiger partial charge in [0.1, 0.15) is 11.4 Å². The third kappa shape index (κ3) is 5.35. The van der Waals surface area contributed by atoms with Crippen molar-refractivity contribution in [2.45, 2.75) is 52.5 Å². The summed E-state index contributed by atoms with van der Waals surface area (Å²) in [6.07, 6.45) is 0.736. The summed E-state index contributed by atoms with van der Waals surface area (Å²) >= 11 is 0.790. The third-order valence-corrected chi connectivity index (χ3v) is 5.79. The van der Waals surface area contributed by atoms with E-state index in [-0.39, 0.29) is 28.7 Å². The van der Waals surface area contributed by atoms with Crippen LogP contribution in [0.4, 0.5) is 11.4 Å². The van der Waals surface area contributed by atoms with Gasteiger partial charge in [0.25, 0.3) is 11.8 Å². The van der Waals surface area contributed by atoms with E-state index in [1.807, 2.05) is 32.9 Å². The zero-order chi connectivity index (χ0) is 22.6. The molecular weight excluding hydrogens is 402 g/mol. The lowest BCUT2D eigenvalue weighted by molar-refractivity contribution is -0.121. The lowest BCUT2D eigenvalue weighted by Gasteiger charge is -2.28. The van der Waals surface area contributed by atoms with Gasteiger partial charge in [-0.1, -0.05) is 32.9 Å². The van der Waals surface area contributed by atoms with Crippen molar-refractivity contribution in [1.82, 2.24) is 9.69 Å². The molecule has 0 aliphatic rings. The van der Waals surface area contributed by atoms with Crippen molar-refractivity contribution in [2.75, 3.05) is 17.2 Å². The summed E-state index contributed by atoms with van der Waals surface area (Å²) in [6.45, 7) is 9.73. The van der Waals surface area contributed by atoms with E-state index in [9.17, 15) is 14.4 Å². The Balaban J connectivity index is 2.41. The SMILES string of the molecule is CCC(C)(C)NC(=O)CN(C(=O)c1snc(C(N)=O)c1N)c1ccc(C(C)C)cc1. The Kier molecular flexibility index (Phi) is 7.20. The highest BCUT2D eigenvalue weighted by Gasteiger charge is 2.28. The van der Waals surface area contributed by atoms with Gasteiger partial charge >= 0.3 is 0 Å². The molecule has 3 amide bonds. The van der Waals surface area contributed by atoms with E-state index in [4.69, 9.17) is 11.5 Å². The van der Waals surface area contributed by atoms with Crippen molar-refractivity contribution < 1.29 is 14.4 Å². The molecule has 2 aromatic rings. The second kappa shape index (κ2) is 9.25. The third-order valence-electron chi connectivity index (χ3n) is 4.94. The molecule has 162 valence electrons. The number of nitrogens with zero attached hydrogens (tertiary/aromatic N) is 2. The molecule has 1 aromatic carbocycles. The summed E-state index contributed by atoms with van der Waals surface area (Å²) < 4.78 is 3.90. The monoisotopic (exact) mass is 431 g/mol. The molecule has 0 aliphatic heterocycles. The Morgan fingerprint density at radius 3 is 2.27 bits per heavy atom. The van der Waals surface area contributed by atoms with E-state index < -0.39 is 17.4 Å². The summed E-state index contributed by atoms with van der Waals surface area (Å²) in [5.41, 5.74) is 12.2. The number of carbonyl (C=O) groups excluding carboxylic acids is 3. The first kappa shape index (κ1) is 23.3. The van der Waals surface area contributed by atoms with Crippen LogP contribution in [0.1, 0.15) is 72.7 Å². The Morgan fingerprint density at radius 2 is 1.80 bits per heavy atom. The van der Waals surface area contributed by atoms with Gasteiger partial charge in [0.05, 0.1) is 5.69 Å². The fraction of sp³-hybridized carbons (Fsp3) is 0.429. The lowest BCUT2D eigenvalue weighted by Crippen LogP contribution is -2.48. The molecule has 30 heavy (non-hydrogen) atoms. The summed E-state index contributed by atoms with van der Waals surface area (Å²) in [5.74, 6) is -1.30. The minimum atomic E-state index is -0.807. The number of nitrogens with one attached hydrogen (secondary N) is 1. The van der Waals surface area contributed by atoms with Crippen molar-refractivity contribution in [1.29, 1.82) is 0 Å². The molecule has 5 N–H and O–H groups in total. The van der Waals surface area contributed by atoms with E-state index in [2.05, 4.69) is 23.5 Å². The molecular formula is C21H29N5O3S. The standard InChI is InChI=1S/C21H29N5O3S/c1-6-21(4,5)24-15(27)11-26(14-9-7-13(8-10-14)12(2)3)20(29)18-16(22)17(19(23)28)25-30-18/h7-10,12H,6,11,22H2,1-5H3,(H2,23,28)(H,24,27). The number of nitrogen functional groups attached to an aromatic ring is 1. The van der Waals surface area contributed by atoms with Gasteiger partial charge in [-0.25, -0.2) is 0 Å². The predicted octanol–water partition coefficient (Wildman–Crippen LogP) is 2.90. The van der Waals surface area contributed by atoms with Crippen LogP contribution in [-0.4, -0.2) is 34.2 Å². The maximum absolute atomic E-state index is 13.3. The van der Waals surface area contributed by atoms with Crippen molar-refractivity contribution in [3.63, 3.8) is 0 Å². The van der Waals surface area contributed by atoms with E-state index in [0.29, 0.717) is 11.6 Å². The highest BCUT2D eigenvalue weighted by molar-refractivity contribution is 7.09. The zero-order valence-electron chi connectivity index (χ0n) is 18.0. The first-order valence-corrected chi connectivity index (χ1v) is 10.5. The topological polar surface area (TPSA) is 131 Å². The Bertz CT molecular complexity index is 935. The first-order chi connectivity index (χ1) is 14.0. The van der Waals surface area contributed by atoms with E-state index in [1.54, 1.807) is 12.1 Å². The maximum atomic E-state index is 13.3. The van der Waals surface area contributed by atoms with Crippen molar-refractivity contribution >= 4 is 40.6 Å². The Morgan fingerprint density at radius 1 is 1.20 bits per heavy atom. The fourth-order valence-corrected chi connectivity index (χ4v) is 3.47. The largest absolute Gasteiger partial charge is 0.395 e. The van der Waals surface area contributed by atoms with E-state index >= 15 is 0 Å². The molecule has 0 unspecified atom stereocenters. The number of aromatic nitrogens is 1. The van der Waals surface area contributed by atoms with Gasteiger partial charge in [-0.05, 0) is 55.4 Å². The van der Waals surface area contributed by atoms with Crippen LogP contribution in [0.2, 0.25) is 0 Å². The zero-order valence-corrected chi connectivity index (χ0v) is 18.8. The second-order valence-corrected chi connectivity index (χ2v) is 8.83. The molecule has 0 saturated heterocycles. The number of benzene rings is 1. The molecule has 0 radical (unpaired) electrons. The molecule has 0 atom stereocenters. The lowest BCUT2D eigenvalue weighted by atomic mass is 10.0. The molecule has 9 heteroatoms. The van der Waals surface area contributed by atoms with Crippen LogP contribution in [-0.2, 0) is 4.79 Å². The number of anilines is 2. The number of carbonyl (C=O) groups is 3. The van der Waals surface area contributed by atoms with Crippen molar-refractivity contribution in [3.05, 3.63) is 40.4 Å². The van der Waals surface area contributed by atoms with Crippen LogP contribution in [0, 0.1) is 0 Å². The summed E-state index contributed by atoms with van der Waals surface area (Å²) in [6, 6.07) is 7.41. The normalized spacial score (nSPS) is 11.4. The molecule has 2 rings (SSSR count). The number of amides is 3. The number of rotatable bonds is 8. The van der Waals surface area contributed by atoms with E-state index in [1.165, 1.54) is 4.90 Å². The highest BCUT2D eigenvalue weighted by Crippen LogP contribution is 2.27. The Labute approximate surface area is 180 Å². The van der Waals surface area contributed by atoms with Crippen molar-refractivity contribution in [2.24, 2.45) is 5.73 Å². The molecule has 0 spiro atoms. The van der Waals surface area contributed by atoms with Gasteiger partial charge in [0.15, 0.2) is 5.69 Å². The molecule has 0 bridgehead atoms. The van der Waals surface area contributed by atoms with Crippen LogP contribution < -0.4 is 21.7 Å². The van der Waals surface area contributed by atoms with Gasteiger partial charge < -0.3 is 16.8 Å². The van der Waals surface area contributed by atoms with Crippen LogP contribution in [0.15, 0.2) is 24.3 Å². The average Bonchev–Trinajstić information content (AvgIpc) is 3.07. The van der Waals surface area contributed by atoms with Crippen LogP contribution in [0.5, 0.6) is 0 Å². The summed E-state index contributed by atoms with van der Waals surface area (Å²) in [4.78, 5) is 38.8. The predicted molar refractivity (Wildman–Crippen MR) is 120 cm³/mol. The highest BCUT2D eigenvalue weighted by atomic mass is 32.1. The van der Waals surface area contributed by atoms with Crippen LogP contribution in [0.25, 0.3) is 0 Å². The van der Waals surface area contributed by atoms with E-state index in [0.717, 1.165) is 23.5 Å². The molecule has 0 saturated carbocycles. The smallest absolute Gasteiger partial charge is 0.272 e. The minimum absolute atomic E-state index is 0.0688. The van der Waals surface area contributed by atoms with Crippen LogP contribution in [0.3, 0.4) is 0 Å². The number of hydrogen-bond acceptors (Lipinski definition) is 6. The second-order valence-electron chi connectivity index (χ2n) is 8.06. The number of nitrogens with two attached hydrogens (primary N) is 2. The van der Waals surface area contributed by atoms with Gasteiger partial charge in [0.2, 0.25) is 5.91 Å². The summed E-state index contributed by atoms with van der Waals surface area (Å²) in [5, 5.41) is 2.93. The molecule has 8 nitrogen and oxygen atoms in total.